The zero-order valence-corrected chi connectivity index (χ0v) is 32.7. The summed E-state index contributed by atoms with van der Waals surface area (Å²) in [5.41, 5.74) is 15.6. The van der Waals surface area contributed by atoms with E-state index in [9.17, 15) is 0 Å². The Hall–Kier alpha value is -7.22. The Morgan fingerprint density at radius 2 is 0.949 bits per heavy atom. The van der Waals surface area contributed by atoms with Crippen molar-refractivity contribution in [2.75, 3.05) is 4.90 Å². The number of fused-ring (bicyclic) bond motifs is 11. The minimum atomic E-state index is -0.569. The first-order chi connectivity index (χ1) is 29.3. The molecule has 0 bridgehead atoms. The molecule has 12 rings (SSSR count). The van der Waals surface area contributed by atoms with Crippen LogP contribution in [0.3, 0.4) is 0 Å². The minimum Gasteiger partial charge on any atom is -0.310 e. The van der Waals surface area contributed by atoms with Crippen molar-refractivity contribution < 1.29 is 0 Å². The van der Waals surface area contributed by atoms with Gasteiger partial charge in [-0.05, 0) is 115 Å². The van der Waals surface area contributed by atoms with Crippen LogP contribution in [-0.4, -0.2) is 0 Å². The van der Waals surface area contributed by atoms with Crippen LogP contribution in [0.5, 0.6) is 0 Å². The second-order valence-corrected chi connectivity index (χ2v) is 16.2. The molecule has 0 N–H and O–H groups in total. The van der Waals surface area contributed by atoms with E-state index in [2.05, 4.69) is 229 Å². The highest BCUT2D eigenvalue weighted by atomic mass is 15.1. The fourth-order valence-electron chi connectivity index (χ4n) is 11.1. The lowest BCUT2D eigenvalue weighted by atomic mass is 9.51. The molecule has 0 unspecified atom stereocenters. The van der Waals surface area contributed by atoms with Crippen LogP contribution < -0.4 is 4.90 Å². The topological polar surface area (TPSA) is 3.24 Å². The molecule has 9 aromatic carbocycles. The van der Waals surface area contributed by atoms with Crippen molar-refractivity contribution in [1.82, 2.24) is 0 Å². The Labute approximate surface area is 345 Å². The lowest BCUT2D eigenvalue weighted by Gasteiger charge is -2.50. The number of rotatable bonds is 5. The van der Waals surface area contributed by atoms with E-state index in [1.807, 2.05) is 0 Å². The van der Waals surface area contributed by atoms with Crippen molar-refractivity contribution in [2.45, 2.75) is 23.7 Å². The van der Waals surface area contributed by atoms with E-state index in [0.717, 1.165) is 29.9 Å². The fraction of sp³-hybridized carbons (Fsp3) is 0.0690. The van der Waals surface area contributed by atoms with E-state index in [0.29, 0.717) is 0 Å². The highest BCUT2D eigenvalue weighted by molar-refractivity contribution is 6.01. The number of benzene rings is 9. The molecule has 0 radical (unpaired) electrons. The third-order valence-corrected chi connectivity index (χ3v) is 13.4. The molecule has 3 aliphatic carbocycles. The summed E-state index contributed by atoms with van der Waals surface area (Å²) < 4.78 is 0. The van der Waals surface area contributed by atoms with Crippen LogP contribution >= 0.6 is 0 Å². The van der Waals surface area contributed by atoms with Crippen LogP contribution in [0.25, 0.3) is 32.7 Å². The third kappa shape index (κ3) is 4.73. The van der Waals surface area contributed by atoms with Gasteiger partial charge in [-0.25, -0.2) is 0 Å². The lowest BCUT2D eigenvalue weighted by molar-refractivity contribution is 0.619. The van der Waals surface area contributed by atoms with Gasteiger partial charge in [-0.3, -0.25) is 0 Å². The Morgan fingerprint density at radius 3 is 1.69 bits per heavy atom. The molecule has 9 aromatic rings. The molecular weight excluding hydrogens is 711 g/mol. The van der Waals surface area contributed by atoms with E-state index in [-0.39, 0.29) is 0 Å². The highest BCUT2D eigenvalue weighted by Crippen LogP contribution is 2.65. The van der Waals surface area contributed by atoms with E-state index >= 15 is 0 Å². The van der Waals surface area contributed by atoms with Gasteiger partial charge >= 0.3 is 0 Å². The molecule has 0 amide bonds. The standard InChI is InChI=1S/C58H41N/c1-3-22-43(23-4-1)57(44-24-5-2-6-25-44)51-29-13-15-31-53(51)58(54-32-16-14-30-52(54)57)50-28-12-11-27-48(50)49-37-36-46(39-55(49)58)59(45-35-34-40-18-7-8-20-42(40)38-45)56-33-17-21-41-19-9-10-26-47(41)56/h1,3-5,7-39H,2,6H2. The Kier molecular flexibility index (Phi) is 7.56. The Balaban J connectivity index is 1.19. The number of anilines is 3. The van der Waals surface area contributed by atoms with Crippen LogP contribution in [0, 0.1) is 0 Å². The summed E-state index contributed by atoms with van der Waals surface area (Å²) in [5, 5.41) is 4.90. The normalized spacial score (nSPS) is 18.5. The summed E-state index contributed by atoms with van der Waals surface area (Å²) in [4.78, 5) is 2.48. The molecule has 0 atom stereocenters. The maximum atomic E-state index is 2.52. The summed E-state index contributed by atoms with van der Waals surface area (Å²) in [7, 11) is 0. The van der Waals surface area contributed by atoms with Crippen LogP contribution in [0.15, 0.2) is 230 Å². The second kappa shape index (κ2) is 13.2. The molecule has 1 spiro atoms. The minimum absolute atomic E-state index is 0.494. The van der Waals surface area contributed by atoms with Crippen molar-refractivity contribution in [3.8, 4) is 11.1 Å². The molecule has 0 saturated carbocycles. The van der Waals surface area contributed by atoms with Gasteiger partial charge in [0.2, 0.25) is 0 Å². The molecule has 1 heteroatoms. The predicted molar refractivity (Wildman–Crippen MR) is 246 cm³/mol. The SMILES string of the molecule is C1=CC(C2(c3ccccc3)c3ccccc3C3(c4ccccc4-c4ccc(N(c5ccc6ccccc6c5)c5cccc6ccccc56)cc43)c3ccccc32)=CCC1. The smallest absolute Gasteiger partial charge is 0.0720 e. The first kappa shape index (κ1) is 33.9. The largest absolute Gasteiger partial charge is 0.310 e. The Bertz CT molecular complexity index is 3130. The first-order valence-electron chi connectivity index (χ1n) is 20.9. The number of nitrogens with zero attached hydrogens (tertiary/aromatic N) is 1. The average molecular weight is 752 g/mol. The maximum absolute atomic E-state index is 2.52. The number of hydrogen-bond donors (Lipinski definition) is 0. The molecule has 278 valence electrons. The molecule has 0 aromatic heterocycles. The molecule has 0 saturated heterocycles. The molecular formula is C58H41N. The monoisotopic (exact) mass is 751 g/mol. The lowest BCUT2D eigenvalue weighted by Crippen LogP contribution is -2.45. The van der Waals surface area contributed by atoms with E-state index in [1.165, 1.54) is 77.2 Å². The van der Waals surface area contributed by atoms with Gasteiger partial charge in [0, 0.05) is 16.8 Å². The van der Waals surface area contributed by atoms with E-state index in [1.54, 1.807) is 0 Å². The van der Waals surface area contributed by atoms with E-state index < -0.39 is 10.8 Å². The zero-order chi connectivity index (χ0) is 39.0. The van der Waals surface area contributed by atoms with Crippen molar-refractivity contribution in [3.63, 3.8) is 0 Å². The predicted octanol–water partition coefficient (Wildman–Crippen LogP) is 14.8. The Morgan fingerprint density at radius 1 is 0.373 bits per heavy atom. The quantitative estimate of drug-likeness (QED) is 0.169. The summed E-state index contributed by atoms with van der Waals surface area (Å²) in [5.74, 6) is 0. The van der Waals surface area contributed by atoms with Gasteiger partial charge in [-0.1, -0.05) is 194 Å². The van der Waals surface area contributed by atoms with Crippen molar-refractivity contribution >= 4 is 38.6 Å². The van der Waals surface area contributed by atoms with Gasteiger partial charge in [0.05, 0.1) is 16.5 Å². The average Bonchev–Trinajstić information content (AvgIpc) is 3.60. The summed E-state index contributed by atoms with van der Waals surface area (Å²) in [6.07, 6.45) is 9.37. The maximum Gasteiger partial charge on any atom is 0.0720 e. The third-order valence-electron chi connectivity index (χ3n) is 13.4. The second-order valence-electron chi connectivity index (χ2n) is 16.2. The molecule has 0 aliphatic heterocycles. The zero-order valence-electron chi connectivity index (χ0n) is 32.7. The fourth-order valence-corrected chi connectivity index (χ4v) is 11.1. The van der Waals surface area contributed by atoms with Crippen molar-refractivity contribution in [2.24, 2.45) is 0 Å². The van der Waals surface area contributed by atoms with Gasteiger partial charge in [0.1, 0.15) is 0 Å². The first-order valence-corrected chi connectivity index (χ1v) is 20.9. The molecule has 1 nitrogen and oxygen atoms in total. The van der Waals surface area contributed by atoms with Gasteiger partial charge < -0.3 is 4.90 Å². The molecule has 0 heterocycles. The molecule has 59 heavy (non-hydrogen) atoms. The molecule has 0 fully saturated rings. The van der Waals surface area contributed by atoms with Crippen molar-refractivity contribution in [3.05, 3.63) is 269 Å². The van der Waals surface area contributed by atoms with Gasteiger partial charge in [0.25, 0.3) is 0 Å². The summed E-state index contributed by atoms with van der Waals surface area (Å²) >= 11 is 0. The van der Waals surface area contributed by atoms with Crippen LogP contribution in [0.1, 0.15) is 51.8 Å². The van der Waals surface area contributed by atoms with Crippen molar-refractivity contribution in [1.29, 1.82) is 0 Å². The number of allylic oxidation sites excluding steroid dienone is 4. The van der Waals surface area contributed by atoms with E-state index in [4.69, 9.17) is 0 Å². The summed E-state index contributed by atoms with van der Waals surface area (Å²) in [6.45, 7) is 0. The van der Waals surface area contributed by atoms with Crippen LogP contribution in [0.4, 0.5) is 17.1 Å². The highest BCUT2D eigenvalue weighted by Gasteiger charge is 2.57. The summed E-state index contributed by atoms with van der Waals surface area (Å²) in [6, 6.07) is 77.5. The van der Waals surface area contributed by atoms with Gasteiger partial charge in [-0.2, -0.15) is 0 Å². The van der Waals surface area contributed by atoms with Gasteiger partial charge in [0.15, 0.2) is 0 Å². The van der Waals surface area contributed by atoms with Crippen LogP contribution in [0.2, 0.25) is 0 Å². The van der Waals surface area contributed by atoms with Crippen LogP contribution in [-0.2, 0) is 10.8 Å². The van der Waals surface area contributed by atoms with Gasteiger partial charge in [-0.15, -0.1) is 0 Å². The number of hydrogen-bond acceptors (Lipinski definition) is 1. The molecule has 3 aliphatic rings.